The molecule has 2 aliphatic rings. The minimum atomic E-state index is -0.0847. The highest BCUT2D eigenvalue weighted by Crippen LogP contribution is 2.40. The average molecular weight is 223 g/mol. The van der Waals surface area contributed by atoms with E-state index in [2.05, 4.69) is 19.2 Å². The van der Waals surface area contributed by atoms with Crippen LogP contribution in [-0.4, -0.2) is 11.8 Å². The molecule has 2 amide bonds. The summed E-state index contributed by atoms with van der Waals surface area (Å²) in [6.07, 6.45) is 6.23. The second-order valence-corrected chi connectivity index (χ2v) is 6.08. The van der Waals surface area contributed by atoms with Crippen LogP contribution in [0.2, 0.25) is 0 Å². The van der Waals surface area contributed by atoms with E-state index in [4.69, 9.17) is 0 Å². The number of hydrogen-bond donors (Lipinski definition) is 1. The predicted octanol–water partition coefficient (Wildman–Crippen LogP) is 2.26. The van der Waals surface area contributed by atoms with Crippen molar-refractivity contribution in [3.63, 3.8) is 0 Å². The van der Waals surface area contributed by atoms with Crippen molar-refractivity contribution < 1.29 is 9.59 Å². The maximum absolute atomic E-state index is 11.6. The lowest BCUT2D eigenvalue weighted by atomic mass is 9.82. The van der Waals surface area contributed by atoms with E-state index in [0.717, 1.165) is 12.8 Å². The number of rotatable bonds is 1. The molecule has 0 radical (unpaired) electrons. The Bertz CT molecular complexity index is 309. The summed E-state index contributed by atoms with van der Waals surface area (Å²) in [5.41, 5.74) is 0.411. The second-order valence-electron chi connectivity index (χ2n) is 6.08. The highest BCUT2D eigenvalue weighted by Gasteiger charge is 2.38. The zero-order valence-electron chi connectivity index (χ0n) is 10.2. The van der Waals surface area contributed by atoms with Crippen molar-refractivity contribution in [2.75, 3.05) is 0 Å². The molecule has 0 spiro atoms. The van der Waals surface area contributed by atoms with Crippen molar-refractivity contribution in [1.29, 1.82) is 0 Å². The maximum atomic E-state index is 11.6. The van der Waals surface area contributed by atoms with Gasteiger partial charge in [0.25, 0.3) is 0 Å². The Morgan fingerprint density at radius 1 is 1.19 bits per heavy atom. The van der Waals surface area contributed by atoms with Crippen LogP contribution in [0.4, 0.5) is 0 Å². The zero-order valence-corrected chi connectivity index (χ0v) is 10.2. The molecule has 90 valence electrons. The molecule has 0 aromatic heterocycles. The molecule has 0 bridgehead atoms. The molecular weight excluding hydrogens is 202 g/mol. The zero-order chi connectivity index (χ0) is 11.8. The third-order valence-electron chi connectivity index (χ3n) is 4.19. The Morgan fingerprint density at radius 3 is 2.56 bits per heavy atom. The van der Waals surface area contributed by atoms with E-state index in [-0.39, 0.29) is 17.7 Å². The van der Waals surface area contributed by atoms with Gasteiger partial charge in [0.1, 0.15) is 0 Å². The molecule has 1 heterocycles. The van der Waals surface area contributed by atoms with E-state index >= 15 is 0 Å². The number of carbonyl (C=O) groups excluding carboxylic acids is 2. The Balaban J connectivity index is 2.00. The normalized spacial score (nSPS) is 34.6. The number of carbonyl (C=O) groups is 2. The van der Waals surface area contributed by atoms with Gasteiger partial charge in [0.05, 0.1) is 0 Å². The third-order valence-corrected chi connectivity index (χ3v) is 4.19. The van der Waals surface area contributed by atoms with E-state index in [9.17, 15) is 9.59 Å². The molecule has 2 atom stereocenters. The lowest BCUT2D eigenvalue weighted by Gasteiger charge is -2.22. The van der Waals surface area contributed by atoms with Crippen molar-refractivity contribution in [2.24, 2.45) is 17.3 Å². The van der Waals surface area contributed by atoms with Crippen molar-refractivity contribution in [2.45, 2.75) is 52.4 Å². The first-order valence-corrected chi connectivity index (χ1v) is 6.32. The van der Waals surface area contributed by atoms with Gasteiger partial charge >= 0.3 is 0 Å². The Kier molecular flexibility index (Phi) is 3.04. The summed E-state index contributed by atoms with van der Waals surface area (Å²) in [6, 6.07) is 0. The summed E-state index contributed by atoms with van der Waals surface area (Å²) in [5, 5.41) is 2.43. The lowest BCUT2D eigenvalue weighted by Crippen LogP contribution is -2.26. The molecule has 2 unspecified atom stereocenters. The van der Waals surface area contributed by atoms with E-state index in [1.54, 1.807) is 0 Å². The molecule has 0 aromatic carbocycles. The van der Waals surface area contributed by atoms with Crippen LogP contribution in [0, 0.1) is 17.3 Å². The minimum absolute atomic E-state index is 0.0327. The standard InChI is InChI=1S/C13H21NO2/c1-13(2)6-3-4-9(5-7-13)10-8-11(15)14-12(10)16/h9-10H,3-8H2,1-2H3,(H,14,15,16). The van der Waals surface area contributed by atoms with Gasteiger partial charge in [-0.15, -0.1) is 0 Å². The van der Waals surface area contributed by atoms with E-state index in [0.29, 0.717) is 17.8 Å². The van der Waals surface area contributed by atoms with E-state index in [1.165, 1.54) is 19.3 Å². The fourth-order valence-electron chi connectivity index (χ4n) is 3.04. The van der Waals surface area contributed by atoms with Gasteiger partial charge in [-0.2, -0.15) is 0 Å². The molecule has 1 saturated carbocycles. The SMILES string of the molecule is CC1(C)CCCC(C2CC(=O)NC2=O)CC1. The van der Waals surface area contributed by atoms with Gasteiger partial charge in [-0.05, 0) is 37.0 Å². The number of amides is 2. The third kappa shape index (κ3) is 2.45. The van der Waals surface area contributed by atoms with Crippen LogP contribution in [0.25, 0.3) is 0 Å². The summed E-state index contributed by atoms with van der Waals surface area (Å²) in [7, 11) is 0. The molecule has 1 N–H and O–H groups in total. The molecule has 16 heavy (non-hydrogen) atoms. The van der Waals surface area contributed by atoms with E-state index in [1.807, 2.05) is 0 Å². The van der Waals surface area contributed by atoms with Gasteiger partial charge in [-0.1, -0.05) is 20.3 Å². The lowest BCUT2D eigenvalue weighted by molar-refractivity contribution is -0.126. The average Bonchev–Trinajstić information content (AvgIpc) is 2.41. The Morgan fingerprint density at radius 2 is 1.94 bits per heavy atom. The topological polar surface area (TPSA) is 46.2 Å². The number of hydrogen-bond acceptors (Lipinski definition) is 2. The smallest absolute Gasteiger partial charge is 0.230 e. The molecule has 2 rings (SSSR count). The van der Waals surface area contributed by atoms with Gasteiger partial charge in [-0.25, -0.2) is 0 Å². The monoisotopic (exact) mass is 223 g/mol. The summed E-state index contributed by atoms with van der Waals surface area (Å²) < 4.78 is 0. The van der Waals surface area contributed by atoms with Gasteiger partial charge in [0.2, 0.25) is 11.8 Å². The van der Waals surface area contributed by atoms with Gasteiger partial charge in [0, 0.05) is 12.3 Å². The van der Waals surface area contributed by atoms with Crippen LogP contribution in [0.5, 0.6) is 0 Å². The van der Waals surface area contributed by atoms with Crippen LogP contribution in [0.15, 0.2) is 0 Å². The maximum Gasteiger partial charge on any atom is 0.230 e. The van der Waals surface area contributed by atoms with Crippen LogP contribution in [-0.2, 0) is 9.59 Å². The van der Waals surface area contributed by atoms with Crippen LogP contribution in [0.3, 0.4) is 0 Å². The molecule has 3 nitrogen and oxygen atoms in total. The molecule has 1 saturated heterocycles. The Hall–Kier alpha value is -0.860. The minimum Gasteiger partial charge on any atom is -0.296 e. The van der Waals surface area contributed by atoms with Crippen LogP contribution in [0.1, 0.15) is 52.4 Å². The van der Waals surface area contributed by atoms with Crippen molar-refractivity contribution in [3.8, 4) is 0 Å². The summed E-state index contributed by atoms with van der Waals surface area (Å²) in [5.74, 6) is 0.267. The van der Waals surface area contributed by atoms with Crippen LogP contribution < -0.4 is 5.32 Å². The quantitative estimate of drug-likeness (QED) is 0.547. The fourth-order valence-corrected chi connectivity index (χ4v) is 3.04. The first kappa shape index (κ1) is 11.6. The van der Waals surface area contributed by atoms with Crippen molar-refractivity contribution in [1.82, 2.24) is 5.32 Å². The predicted molar refractivity (Wildman–Crippen MR) is 61.6 cm³/mol. The van der Waals surface area contributed by atoms with E-state index < -0.39 is 0 Å². The number of imide groups is 1. The largest absolute Gasteiger partial charge is 0.296 e. The fraction of sp³-hybridized carbons (Fsp3) is 0.846. The highest BCUT2D eigenvalue weighted by atomic mass is 16.2. The van der Waals surface area contributed by atoms with Gasteiger partial charge in [0.15, 0.2) is 0 Å². The molecule has 0 aromatic rings. The molecule has 2 fully saturated rings. The Labute approximate surface area is 97.0 Å². The van der Waals surface area contributed by atoms with Crippen molar-refractivity contribution in [3.05, 3.63) is 0 Å². The first-order chi connectivity index (χ1) is 7.48. The van der Waals surface area contributed by atoms with Gasteiger partial charge in [-0.3, -0.25) is 14.9 Å². The van der Waals surface area contributed by atoms with Crippen molar-refractivity contribution >= 4 is 11.8 Å². The second kappa shape index (κ2) is 4.19. The summed E-state index contributed by atoms with van der Waals surface area (Å²) in [6.45, 7) is 4.60. The highest BCUT2D eigenvalue weighted by molar-refractivity contribution is 6.03. The number of nitrogens with one attached hydrogen (secondary N) is 1. The summed E-state index contributed by atoms with van der Waals surface area (Å²) in [4.78, 5) is 22.8. The molecular formula is C13H21NO2. The molecule has 3 heteroatoms. The molecule has 1 aliphatic heterocycles. The van der Waals surface area contributed by atoms with Gasteiger partial charge < -0.3 is 0 Å². The first-order valence-electron chi connectivity index (χ1n) is 6.32. The summed E-state index contributed by atoms with van der Waals surface area (Å²) >= 11 is 0. The van der Waals surface area contributed by atoms with Crippen LogP contribution >= 0.6 is 0 Å². The molecule has 1 aliphatic carbocycles.